The molecule has 0 spiro atoms. The Hall–Kier alpha value is -3.59. The van der Waals surface area contributed by atoms with Gasteiger partial charge in [0.25, 0.3) is 0 Å². The summed E-state index contributed by atoms with van der Waals surface area (Å²) in [6.07, 6.45) is 7.23. The minimum atomic E-state index is -1.54. The number of aryl methyl sites for hydroxylation is 1. The van der Waals surface area contributed by atoms with Crippen molar-refractivity contribution in [1.82, 2.24) is 19.7 Å². The minimum absolute atomic E-state index is 0.120. The molecule has 0 aliphatic carbocycles. The molecule has 4 aromatic rings. The first-order valence-corrected chi connectivity index (χ1v) is 10.8. The van der Waals surface area contributed by atoms with Crippen LogP contribution in [0.25, 0.3) is 17.8 Å². The lowest BCUT2D eigenvalue weighted by molar-refractivity contribution is 0.413. The van der Waals surface area contributed by atoms with Gasteiger partial charge in [0.05, 0.1) is 30.7 Å². The zero-order valence-corrected chi connectivity index (χ0v) is 19.1. The van der Waals surface area contributed by atoms with Gasteiger partial charge in [0.15, 0.2) is 17.5 Å². The van der Waals surface area contributed by atoms with Gasteiger partial charge < -0.3 is 13.7 Å². The molecule has 6 nitrogen and oxygen atoms in total. The third kappa shape index (κ3) is 4.99. The molecule has 0 saturated carbocycles. The second-order valence-corrected chi connectivity index (χ2v) is 7.87. The van der Waals surface area contributed by atoms with Gasteiger partial charge in [0, 0.05) is 18.2 Å². The lowest BCUT2D eigenvalue weighted by Crippen LogP contribution is -2.05. The van der Waals surface area contributed by atoms with Crippen molar-refractivity contribution in [3.05, 3.63) is 88.9 Å². The highest BCUT2D eigenvalue weighted by Gasteiger charge is 2.23. The quantitative estimate of drug-likeness (QED) is 0.227. The van der Waals surface area contributed by atoms with Crippen molar-refractivity contribution in [2.45, 2.75) is 19.3 Å². The number of alkyl halides is 1. The Kier molecular flexibility index (Phi) is 7.02. The Labute approximate surface area is 198 Å². The van der Waals surface area contributed by atoms with Crippen molar-refractivity contribution in [3.63, 3.8) is 0 Å². The molecular weight excluding hydrogens is 469 g/mol. The van der Waals surface area contributed by atoms with Crippen molar-refractivity contribution >= 4 is 23.8 Å². The van der Waals surface area contributed by atoms with E-state index in [4.69, 9.17) is 20.8 Å². The molecule has 0 aliphatic rings. The number of methoxy groups -OCH3 is 1. The lowest BCUT2D eigenvalue weighted by Gasteiger charge is -2.12. The van der Waals surface area contributed by atoms with E-state index in [-0.39, 0.29) is 29.6 Å². The van der Waals surface area contributed by atoms with E-state index in [9.17, 15) is 13.2 Å². The summed E-state index contributed by atoms with van der Waals surface area (Å²) in [4.78, 5) is 4.23. The molecular formula is C24H20ClF3N4O2. The Morgan fingerprint density at radius 3 is 2.53 bits per heavy atom. The molecule has 0 radical (unpaired) electrons. The molecule has 0 N–H and O–H groups in total. The number of nitrogens with zero attached hydrogens (tertiary/aromatic N) is 4. The number of benzene rings is 2. The van der Waals surface area contributed by atoms with Crippen molar-refractivity contribution in [2.24, 2.45) is 0 Å². The average molecular weight is 489 g/mol. The Balaban J connectivity index is 1.57. The first kappa shape index (κ1) is 23.6. The van der Waals surface area contributed by atoms with E-state index in [0.717, 1.165) is 29.1 Å². The number of imidazole rings is 1. The van der Waals surface area contributed by atoms with Gasteiger partial charge in [-0.3, -0.25) is 0 Å². The zero-order valence-electron chi connectivity index (χ0n) is 18.3. The highest BCUT2D eigenvalue weighted by atomic mass is 35.5. The number of ether oxygens (including phenoxy) is 1. The van der Waals surface area contributed by atoms with Crippen LogP contribution >= 0.6 is 11.6 Å². The Bertz CT molecular complexity index is 1310. The predicted molar refractivity (Wildman–Crippen MR) is 122 cm³/mol. The fourth-order valence-corrected chi connectivity index (χ4v) is 3.72. The van der Waals surface area contributed by atoms with E-state index >= 15 is 0 Å². The molecule has 4 rings (SSSR count). The third-order valence-corrected chi connectivity index (χ3v) is 5.39. The van der Waals surface area contributed by atoms with Crippen LogP contribution in [0.4, 0.5) is 13.2 Å². The molecule has 10 heteroatoms. The molecule has 0 fully saturated rings. The molecule has 0 saturated heterocycles. The molecule has 2 aromatic carbocycles. The van der Waals surface area contributed by atoms with Crippen LogP contribution in [0, 0.1) is 24.4 Å². The van der Waals surface area contributed by atoms with E-state index in [1.54, 1.807) is 25.6 Å². The predicted octanol–water partition coefficient (Wildman–Crippen LogP) is 5.92. The molecule has 1 unspecified atom stereocenters. The highest BCUT2D eigenvalue weighted by molar-refractivity contribution is 6.17. The number of hydrogen-bond donors (Lipinski definition) is 0. The first-order chi connectivity index (χ1) is 16.4. The van der Waals surface area contributed by atoms with Crippen LogP contribution in [0.15, 0.2) is 47.3 Å². The van der Waals surface area contributed by atoms with Crippen LogP contribution in [0.2, 0.25) is 0 Å². The second kappa shape index (κ2) is 10.1. The molecule has 2 heterocycles. The fraction of sp³-hybridized carbons (Fsp3) is 0.208. The Morgan fingerprint density at radius 1 is 1.12 bits per heavy atom. The molecule has 2 aromatic heterocycles. The van der Waals surface area contributed by atoms with E-state index in [0.29, 0.717) is 5.75 Å². The number of halogens is 4. The summed E-state index contributed by atoms with van der Waals surface area (Å²) in [6, 6.07) is 7.45. The number of aromatic nitrogens is 4. The smallest absolute Gasteiger partial charge is 0.240 e. The number of hydrogen-bond acceptors (Lipinski definition) is 5. The van der Waals surface area contributed by atoms with Gasteiger partial charge in [-0.25, -0.2) is 18.2 Å². The standard InChI is InChI=1S/C24H20ClF3N4O2/c1-14-12-32(13-29-14)20-5-3-15(9-21(20)33-2)4-6-22-30-31-24(34-22)17(7-8-25)16-10-18(26)23(28)19(27)11-16/h3-6,9-13,17H,7-8H2,1-2H3. The summed E-state index contributed by atoms with van der Waals surface area (Å²) in [5.41, 5.74) is 2.70. The maximum absolute atomic E-state index is 13.7. The van der Waals surface area contributed by atoms with Crippen LogP contribution in [-0.2, 0) is 0 Å². The highest BCUT2D eigenvalue weighted by Crippen LogP contribution is 2.30. The summed E-state index contributed by atoms with van der Waals surface area (Å²) < 4.78 is 53.9. The molecule has 0 bridgehead atoms. The lowest BCUT2D eigenvalue weighted by atomic mass is 9.96. The van der Waals surface area contributed by atoms with Crippen LogP contribution < -0.4 is 4.74 Å². The van der Waals surface area contributed by atoms with Gasteiger partial charge in [-0.05, 0) is 54.8 Å². The van der Waals surface area contributed by atoms with Crippen LogP contribution in [-0.4, -0.2) is 32.7 Å². The van der Waals surface area contributed by atoms with Gasteiger partial charge in [-0.15, -0.1) is 21.8 Å². The SMILES string of the molecule is COc1cc(C=Cc2nnc(C(CCCl)c3cc(F)c(F)c(F)c3)o2)ccc1-n1cnc(C)c1. The van der Waals surface area contributed by atoms with Crippen molar-refractivity contribution in [1.29, 1.82) is 0 Å². The molecule has 176 valence electrons. The van der Waals surface area contributed by atoms with Gasteiger partial charge in [-0.1, -0.05) is 6.07 Å². The first-order valence-electron chi connectivity index (χ1n) is 10.3. The molecule has 0 amide bonds. The maximum atomic E-state index is 13.7. The van der Waals surface area contributed by atoms with Crippen LogP contribution in [0.3, 0.4) is 0 Å². The summed E-state index contributed by atoms with van der Waals surface area (Å²) >= 11 is 5.86. The molecule has 1 atom stereocenters. The van der Waals surface area contributed by atoms with Crippen LogP contribution in [0.1, 0.15) is 40.9 Å². The summed E-state index contributed by atoms with van der Waals surface area (Å²) in [6.45, 7) is 1.90. The van der Waals surface area contributed by atoms with Crippen molar-refractivity contribution in [2.75, 3.05) is 13.0 Å². The topological polar surface area (TPSA) is 66.0 Å². The third-order valence-electron chi connectivity index (χ3n) is 5.17. The second-order valence-electron chi connectivity index (χ2n) is 7.49. The summed E-state index contributed by atoms with van der Waals surface area (Å²) in [5.74, 6) is -3.69. The van der Waals surface area contributed by atoms with Gasteiger partial charge in [0.2, 0.25) is 11.8 Å². The fourth-order valence-electron chi connectivity index (χ4n) is 3.50. The number of rotatable bonds is 8. The summed E-state index contributed by atoms with van der Waals surface area (Å²) in [7, 11) is 1.58. The maximum Gasteiger partial charge on any atom is 0.240 e. The minimum Gasteiger partial charge on any atom is -0.495 e. The zero-order chi connectivity index (χ0) is 24.2. The largest absolute Gasteiger partial charge is 0.495 e. The molecule has 0 aliphatic heterocycles. The summed E-state index contributed by atoms with van der Waals surface area (Å²) in [5, 5.41) is 7.98. The van der Waals surface area contributed by atoms with Gasteiger partial charge in [-0.2, -0.15) is 0 Å². The van der Waals surface area contributed by atoms with E-state index in [1.807, 2.05) is 35.9 Å². The van der Waals surface area contributed by atoms with Gasteiger partial charge >= 0.3 is 0 Å². The van der Waals surface area contributed by atoms with E-state index in [2.05, 4.69) is 15.2 Å². The Morgan fingerprint density at radius 2 is 1.88 bits per heavy atom. The average Bonchev–Trinajstić information content (AvgIpc) is 3.48. The van der Waals surface area contributed by atoms with Crippen molar-refractivity contribution < 1.29 is 22.3 Å². The van der Waals surface area contributed by atoms with Gasteiger partial charge in [0.1, 0.15) is 5.75 Å². The van der Waals surface area contributed by atoms with Crippen LogP contribution in [0.5, 0.6) is 5.75 Å². The van der Waals surface area contributed by atoms with E-state index in [1.165, 1.54) is 0 Å². The normalized spacial score (nSPS) is 12.4. The monoisotopic (exact) mass is 488 g/mol. The van der Waals surface area contributed by atoms with Crippen molar-refractivity contribution in [3.8, 4) is 11.4 Å². The molecule has 34 heavy (non-hydrogen) atoms. The van der Waals surface area contributed by atoms with E-state index < -0.39 is 23.4 Å².